The Kier molecular flexibility index (Phi) is 3.38. The summed E-state index contributed by atoms with van der Waals surface area (Å²) in [6, 6.07) is 5.67. The van der Waals surface area contributed by atoms with Gasteiger partial charge in [-0.3, -0.25) is 14.9 Å². The van der Waals surface area contributed by atoms with Crippen LogP contribution in [0.2, 0.25) is 0 Å². The van der Waals surface area contributed by atoms with Gasteiger partial charge >= 0.3 is 0 Å². The van der Waals surface area contributed by atoms with E-state index in [1.165, 1.54) is 12.8 Å². The van der Waals surface area contributed by atoms with E-state index in [9.17, 15) is 4.79 Å². The zero-order chi connectivity index (χ0) is 15.6. The lowest BCUT2D eigenvalue weighted by molar-refractivity contribution is -0.115. The minimum Gasteiger partial charge on any atom is -0.309 e. The first-order chi connectivity index (χ1) is 11.3. The van der Waals surface area contributed by atoms with Gasteiger partial charge in [0.1, 0.15) is 0 Å². The molecule has 3 heterocycles. The summed E-state index contributed by atoms with van der Waals surface area (Å²) >= 11 is 0. The van der Waals surface area contributed by atoms with Gasteiger partial charge in [-0.25, -0.2) is 4.68 Å². The topological polar surface area (TPSA) is 88.5 Å². The second kappa shape index (κ2) is 5.68. The van der Waals surface area contributed by atoms with Crippen LogP contribution < -0.4 is 5.32 Å². The van der Waals surface area contributed by atoms with E-state index in [0.717, 1.165) is 16.9 Å². The fraction of sp³-hybridized carbons (Fsp3) is 0.250. The Morgan fingerprint density at radius 1 is 1.39 bits per heavy atom. The van der Waals surface area contributed by atoms with Gasteiger partial charge in [0, 0.05) is 30.1 Å². The quantitative estimate of drug-likeness (QED) is 0.755. The number of pyridine rings is 1. The highest BCUT2D eigenvalue weighted by molar-refractivity contribution is 5.91. The van der Waals surface area contributed by atoms with Crippen molar-refractivity contribution in [2.24, 2.45) is 0 Å². The lowest BCUT2D eigenvalue weighted by Crippen LogP contribution is -2.14. The van der Waals surface area contributed by atoms with Crippen molar-refractivity contribution in [1.29, 1.82) is 0 Å². The maximum atomic E-state index is 12.1. The third kappa shape index (κ3) is 3.13. The minimum atomic E-state index is -0.107. The third-order valence-electron chi connectivity index (χ3n) is 3.79. The molecule has 3 aromatic heterocycles. The van der Waals surface area contributed by atoms with Gasteiger partial charge in [0.2, 0.25) is 5.91 Å². The van der Waals surface area contributed by atoms with Crippen molar-refractivity contribution in [2.75, 3.05) is 5.32 Å². The number of nitrogens with one attached hydrogen (secondary N) is 2. The number of carbonyl (C=O) groups excluding carboxylic acids is 1. The van der Waals surface area contributed by atoms with E-state index in [0.29, 0.717) is 11.7 Å². The van der Waals surface area contributed by atoms with E-state index in [-0.39, 0.29) is 12.3 Å². The highest BCUT2D eigenvalue weighted by Crippen LogP contribution is 2.39. The Hall–Kier alpha value is -2.96. The smallest absolute Gasteiger partial charge is 0.230 e. The molecule has 0 atom stereocenters. The summed E-state index contributed by atoms with van der Waals surface area (Å²) in [5.41, 5.74) is 2.80. The van der Waals surface area contributed by atoms with E-state index in [4.69, 9.17) is 0 Å². The Morgan fingerprint density at radius 2 is 2.30 bits per heavy atom. The molecular formula is C16H16N6O. The molecule has 0 saturated heterocycles. The molecule has 7 heteroatoms. The fourth-order valence-electron chi connectivity index (χ4n) is 2.46. The molecule has 0 radical (unpaired) electrons. The van der Waals surface area contributed by atoms with Crippen LogP contribution in [0.15, 0.2) is 43.0 Å². The molecule has 116 valence electrons. The van der Waals surface area contributed by atoms with Crippen molar-refractivity contribution in [3.8, 4) is 5.69 Å². The Balaban J connectivity index is 1.39. The second-order valence-electron chi connectivity index (χ2n) is 5.71. The Morgan fingerprint density at radius 3 is 3.09 bits per heavy atom. The maximum absolute atomic E-state index is 12.1. The van der Waals surface area contributed by atoms with Crippen LogP contribution in [-0.2, 0) is 11.2 Å². The average Bonchev–Trinajstić information content (AvgIpc) is 3.14. The molecule has 23 heavy (non-hydrogen) atoms. The second-order valence-corrected chi connectivity index (χ2v) is 5.71. The molecule has 1 saturated carbocycles. The monoisotopic (exact) mass is 308 g/mol. The SMILES string of the molecule is O=C(Cc1cnn(-c2cccnc2)c1)Nc1cc(C2CC2)[nH]n1. The van der Waals surface area contributed by atoms with Crippen LogP contribution in [0.25, 0.3) is 5.69 Å². The van der Waals surface area contributed by atoms with Gasteiger partial charge in [-0.2, -0.15) is 10.2 Å². The van der Waals surface area contributed by atoms with Gasteiger partial charge in [-0.05, 0) is 30.5 Å². The normalized spacial score (nSPS) is 13.9. The molecule has 1 aliphatic rings. The summed E-state index contributed by atoms with van der Waals surface area (Å²) in [5, 5.41) is 14.2. The summed E-state index contributed by atoms with van der Waals surface area (Å²) in [7, 11) is 0. The molecule has 3 aromatic rings. The molecule has 0 bridgehead atoms. The molecule has 1 amide bonds. The van der Waals surface area contributed by atoms with Crippen LogP contribution in [0.4, 0.5) is 5.82 Å². The highest BCUT2D eigenvalue weighted by atomic mass is 16.1. The molecule has 7 nitrogen and oxygen atoms in total. The van der Waals surface area contributed by atoms with Crippen molar-refractivity contribution in [3.63, 3.8) is 0 Å². The molecule has 4 rings (SSSR count). The van der Waals surface area contributed by atoms with Crippen LogP contribution in [-0.4, -0.2) is 30.9 Å². The fourth-order valence-corrected chi connectivity index (χ4v) is 2.46. The summed E-state index contributed by atoms with van der Waals surface area (Å²) in [6.07, 6.45) is 9.60. The van der Waals surface area contributed by atoms with Crippen LogP contribution in [0, 0.1) is 0 Å². The molecule has 0 aromatic carbocycles. The molecule has 2 N–H and O–H groups in total. The molecule has 0 aliphatic heterocycles. The zero-order valence-electron chi connectivity index (χ0n) is 12.4. The number of anilines is 1. The third-order valence-corrected chi connectivity index (χ3v) is 3.79. The van der Waals surface area contributed by atoms with E-state index >= 15 is 0 Å². The van der Waals surface area contributed by atoms with Crippen LogP contribution in [0.5, 0.6) is 0 Å². The number of hydrogen-bond donors (Lipinski definition) is 2. The Labute approximate surface area is 132 Å². The first kappa shape index (κ1) is 13.7. The lowest BCUT2D eigenvalue weighted by Gasteiger charge is -2.00. The van der Waals surface area contributed by atoms with Gasteiger partial charge in [-0.1, -0.05) is 0 Å². The Bertz CT molecular complexity index is 818. The van der Waals surface area contributed by atoms with Gasteiger partial charge in [0.25, 0.3) is 0 Å². The van der Waals surface area contributed by atoms with Crippen molar-refractivity contribution in [2.45, 2.75) is 25.2 Å². The average molecular weight is 308 g/mol. The zero-order valence-corrected chi connectivity index (χ0v) is 12.4. The van der Waals surface area contributed by atoms with E-state index in [1.54, 1.807) is 23.3 Å². The van der Waals surface area contributed by atoms with E-state index in [1.807, 2.05) is 24.4 Å². The number of aromatic amines is 1. The van der Waals surface area contributed by atoms with Gasteiger partial charge in [0.05, 0.1) is 24.5 Å². The standard InChI is InChI=1S/C16H16N6O/c23-16(19-15-7-14(20-21-15)12-3-4-12)6-11-8-18-22(10-11)13-2-1-5-17-9-13/h1-2,5,7-10,12H,3-4,6H2,(H2,19,20,21,23). The van der Waals surface area contributed by atoms with E-state index in [2.05, 4.69) is 25.6 Å². The van der Waals surface area contributed by atoms with Crippen molar-refractivity contribution in [1.82, 2.24) is 25.0 Å². The highest BCUT2D eigenvalue weighted by Gasteiger charge is 2.25. The first-order valence-electron chi connectivity index (χ1n) is 7.57. The number of H-pyrrole nitrogens is 1. The summed E-state index contributed by atoms with van der Waals surface area (Å²) in [5.74, 6) is 1.06. The largest absolute Gasteiger partial charge is 0.309 e. The first-order valence-corrected chi connectivity index (χ1v) is 7.57. The minimum absolute atomic E-state index is 0.107. The summed E-state index contributed by atoms with van der Waals surface area (Å²) in [6.45, 7) is 0. The van der Waals surface area contributed by atoms with Gasteiger partial charge in [-0.15, -0.1) is 0 Å². The number of rotatable bonds is 5. The number of hydrogen-bond acceptors (Lipinski definition) is 4. The van der Waals surface area contributed by atoms with Crippen LogP contribution in [0.1, 0.15) is 30.0 Å². The van der Waals surface area contributed by atoms with Crippen LogP contribution in [0.3, 0.4) is 0 Å². The van der Waals surface area contributed by atoms with Crippen LogP contribution >= 0.6 is 0 Å². The number of nitrogens with zero attached hydrogens (tertiary/aromatic N) is 4. The molecule has 0 unspecified atom stereocenters. The predicted molar refractivity (Wildman–Crippen MR) is 84.3 cm³/mol. The molecular weight excluding hydrogens is 292 g/mol. The predicted octanol–water partition coefficient (Wildman–Crippen LogP) is 2.05. The van der Waals surface area contributed by atoms with Gasteiger partial charge < -0.3 is 5.32 Å². The molecule has 1 fully saturated rings. The van der Waals surface area contributed by atoms with Crippen molar-refractivity contribution in [3.05, 3.63) is 54.2 Å². The van der Waals surface area contributed by atoms with Crippen molar-refractivity contribution >= 4 is 11.7 Å². The summed E-state index contributed by atoms with van der Waals surface area (Å²) < 4.78 is 1.70. The number of amides is 1. The summed E-state index contributed by atoms with van der Waals surface area (Å²) in [4.78, 5) is 16.2. The molecule has 1 aliphatic carbocycles. The van der Waals surface area contributed by atoms with Crippen molar-refractivity contribution < 1.29 is 4.79 Å². The number of aromatic nitrogens is 5. The van der Waals surface area contributed by atoms with E-state index < -0.39 is 0 Å². The van der Waals surface area contributed by atoms with Gasteiger partial charge in [0.15, 0.2) is 5.82 Å². The molecule has 0 spiro atoms. The lowest BCUT2D eigenvalue weighted by atomic mass is 10.2. The number of carbonyl (C=O) groups is 1. The maximum Gasteiger partial charge on any atom is 0.230 e.